The van der Waals surface area contributed by atoms with Gasteiger partial charge < -0.3 is 14.2 Å². The first kappa shape index (κ1) is 24.6. The van der Waals surface area contributed by atoms with E-state index in [1.165, 1.54) is 13.2 Å². The van der Waals surface area contributed by atoms with Gasteiger partial charge in [-0.2, -0.15) is 5.26 Å². The standard InChI is InChI=1S/C28H24ClNO4/c1-3-16-33-25-12-4-20(5-13-25)7-15-28(31)34-26-14-6-21(18-27(26)32-2)17-23(19-30)22-8-10-24(29)11-9-22/h4-15,17-18H,3,16H2,1-2H3. The van der Waals surface area contributed by atoms with Crippen LogP contribution in [0.25, 0.3) is 17.7 Å². The Kier molecular flexibility index (Phi) is 8.90. The normalized spacial score (nSPS) is 11.2. The molecule has 0 N–H and O–H groups in total. The molecule has 0 amide bonds. The van der Waals surface area contributed by atoms with Gasteiger partial charge >= 0.3 is 5.97 Å². The summed E-state index contributed by atoms with van der Waals surface area (Å²) >= 11 is 5.93. The second kappa shape index (κ2) is 12.3. The van der Waals surface area contributed by atoms with Gasteiger partial charge in [0.05, 0.1) is 25.4 Å². The summed E-state index contributed by atoms with van der Waals surface area (Å²) in [4.78, 5) is 12.3. The highest BCUT2D eigenvalue weighted by molar-refractivity contribution is 6.30. The van der Waals surface area contributed by atoms with Gasteiger partial charge in [-0.3, -0.25) is 0 Å². The number of carbonyl (C=O) groups excluding carboxylic acids is 1. The summed E-state index contributed by atoms with van der Waals surface area (Å²) in [6.07, 6.45) is 5.69. The van der Waals surface area contributed by atoms with Crippen LogP contribution in [0.3, 0.4) is 0 Å². The van der Waals surface area contributed by atoms with Crippen LogP contribution < -0.4 is 14.2 Å². The highest BCUT2D eigenvalue weighted by atomic mass is 35.5. The molecular formula is C28H24ClNO4. The smallest absolute Gasteiger partial charge is 0.336 e. The third kappa shape index (κ3) is 6.99. The molecule has 0 aromatic heterocycles. The summed E-state index contributed by atoms with van der Waals surface area (Å²) in [5.74, 6) is 0.909. The second-order valence-corrected chi connectivity index (χ2v) is 7.70. The Morgan fingerprint density at radius 1 is 1.00 bits per heavy atom. The molecule has 0 bridgehead atoms. The van der Waals surface area contributed by atoms with Crippen molar-refractivity contribution in [3.8, 4) is 23.3 Å². The first-order valence-corrected chi connectivity index (χ1v) is 11.1. The zero-order valence-electron chi connectivity index (χ0n) is 19.0. The number of benzene rings is 3. The van der Waals surface area contributed by atoms with E-state index in [0.717, 1.165) is 28.9 Å². The van der Waals surface area contributed by atoms with E-state index in [4.69, 9.17) is 25.8 Å². The molecule has 6 heteroatoms. The summed E-state index contributed by atoms with van der Waals surface area (Å²) < 4.78 is 16.4. The monoisotopic (exact) mass is 473 g/mol. The van der Waals surface area contributed by atoms with Gasteiger partial charge in [0.25, 0.3) is 0 Å². The van der Waals surface area contributed by atoms with Gasteiger partial charge in [0, 0.05) is 11.1 Å². The quantitative estimate of drug-likeness (QED) is 0.112. The first-order chi connectivity index (χ1) is 16.5. The molecule has 0 heterocycles. The van der Waals surface area contributed by atoms with Crippen LogP contribution in [-0.2, 0) is 4.79 Å². The van der Waals surface area contributed by atoms with Gasteiger partial charge in [-0.05, 0) is 71.7 Å². The molecule has 0 spiro atoms. The van der Waals surface area contributed by atoms with Crippen LogP contribution in [0.2, 0.25) is 5.02 Å². The Labute approximate surface area is 204 Å². The number of allylic oxidation sites excluding steroid dienone is 1. The van der Waals surface area contributed by atoms with Crippen LogP contribution in [-0.4, -0.2) is 19.7 Å². The van der Waals surface area contributed by atoms with E-state index >= 15 is 0 Å². The molecule has 0 unspecified atom stereocenters. The van der Waals surface area contributed by atoms with Gasteiger partial charge in [-0.15, -0.1) is 0 Å². The number of esters is 1. The number of hydrogen-bond donors (Lipinski definition) is 0. The van der Waals surface area contributed by atoms with E-state index in [0.29, 0.717) is 23.0 Å². The molecule has 3 aromatic rings. The highest BCUT2D eigenvalue weighted by Gasteiger charge is 2.10. The van der Waals surface area contributed by atoms with Crippen molar-refractivity contribution in [3.63, 3.8) is 0 Å². The molecule has 0 aliphatic heterocycles. The molecule has 0 aliphatic carbocycles. The van der Waals surface area contributed by atoms with Gasteiger partial charge in [0.2, 0.25) is 0 Å². The number of nitriles is 1. The van der Waals surface area contributed by atoms with Crippen LogP contribution in [0.1, 0.15) is 30.0 Å². The molecule has 0 aliphatic rings. The van der Waals surface area contributed by atoms with E-state index in [2.05, 4.69) is 6.07 Å². The van der Waals surface area contributed by atoms with Crippen molar-refractivity contribution in [2.45, 2.75) is 13.3 Å². The number of nitrogens with zero attached hydrogens (tertiary/aromatic N) is 1. The lowest BCUT2D eigenvalue weighted by Gasteiger charge is -2.09. The van der Waals surface area contributed by atoms with Crippen LogP contribution in [0.5, 0.6) is 17.2 Å². The van der Waals surface area contributed by atoms with E-state index in [-0.39, 0.29) is 5.75 Å². The van der Waals surface area contributed by atoms with Crippen LogP contribution >= 0.6 is 11.6 Å². The molecule has 5 nitrogen and oxygen atoms in total. The molecule has 34 heavy (non-hydrogen) atoms. The molecule has 172 valence electrons. The molecule has 0 atom stereocenters. The maximum atomic E-state index is 12.3. The Morgan fingerprint density at radius 2 is 1.71 bits per heavy atom. The Hall–Kier alpha value is -4.01. The summed E-state index contributed by atoms with van der Waals surface area (Å²) in [5, 5.41) is 10.1. The van der Waals surface area contributed by atoms with Gasteiger partial charge in [0.1, 0.15) is 5.75 Å². The van der Waals surface area contributed by atoms with Crippen LogP contribution in [0.15, 0.2) is 72.8 Å². The third-order valence-corrected chi connectivity index (χ3v) is 5.00. The fourth-order valence-corrected chi connectivity index (χ4v) is 3.16. The average molecular weight is 474 g/mol. The van der Waals surface area contributed by atoms with Crippen molar-refractivity contribution in [2.75, 3.05) is 13.7 Å². The predicted molar refractivity (Wildman–Crippen MR) is 135 cm³/mol. The van der Waals surface area contributed by atoms with Crippen LogP contribution in [0, 0.1) is 11.3 Å². The minimum Gasteiger partial charge on any atom is -0.494 e. The summed E-state index contributed by atoms with van der Waals surface area (Å²) in [6.45, 7) is 2.71. The summed E-state index contributed by atoms with van der Waals surface area (Å²) in [5.41, 5.74) is 2.79. The molecular weight excluding hydrogens is 450 g/mol. The lowest BCUT2D eigenvalue weighted by Crippen LogP contribution is -2.05. The molecule has 3 aromatic carbocycles. The SMILES string of the molecule is CCCOc1ccc(C=CC(=O)Oc2ccc(C=C(C#N)c3ccc(Cl)cc3)cc2OC)cc1. The lowest BCUT2D eigenvalue weighted by atomic mass is 10.0. The van der Waals surface area contributed by atoms with Gasteiger partial charge in [0.15, 0.2) is 11.5 Å². The van der Waals surface area contributed by atoms with Crippen LogP contribution in [0.4, 0.5) is 0 Å². The number of rotatable bonds is 9. The number of halogens is 1. The van der Waals surface area contributed by atoms with Gasteiger partial charge in [-0.1, -0.05) is 48.9 Å². The first-order valence-electron chi connectivity index (χ1n) is 10.7. The number of ether oxygens (including phenoxy) is 3. The molecule has 0 fully saturated rings. The van der Waals surface area contributed by atoms with E-state index in [1.54, 1.807) is 54.6 Å². The number of carbonyl (C=O) groups is 1. The molecule has 3 rings (SSSR count). The zero-order chi connectivity index (χ0) is 24.3. The van der Waals surface area contributed by atoms with Gasteiger partial charge in [-0.25, -0.2) is 4.79 Å². The minimum absolute atomic E-state index is 0.280. The maximum Gasteiger partial charge on any atom is 0.336 e. The number of hydrogen-bond acceptors (Lipinski definition) is 5. The number of methoxy groups -OCH3 is 1. The van der Waals surface area contributed by atoms with E-state index in [1.807, 2.05) is 31.2 Å². The van der Waals surface area contributed by atoms with Crippen molar-refractivity contribution in [2.24, 2.45) is 0 Å². The third-order valence-electron chi connectivity index (χ3n) is 4.75. The Morgan fingerprint density at radius 3 is 2.35 bits per heavy atom. The Balaban J connectivity index is 1.70. The maximum absolute atomic E-state index is 12.3. The fraction of sp³-hybridized carbons (Fsp3) is 0.143. The predicted octanol–water partition coefficient (Wildman–Crippen LogP) is 6.82. The fourth-order valence-electron chi connectivity index (χ4n) is 3.04. The summed E-state index contributed by atoms with van der Waals surface area (Å²) in [6, 6.07) is 21.7. The summed E-state index contributed by atoms with van der Waals surface area (Å²) in [7, 11) is 1.49. The minimum atomic E-state index is -0.535. The molecule has 0 radical (unpaired) electrons. The second-order valence-electron chi connectivity index (χ2n) is 7.26. The highest BCUT2D eigenvalue weighted by Crippen LogP contribution is 2.30. The van der Waals surface area contributed by atoms with E-state index in [9.17, 15) is 10.1 Å². The van der Waals surface area contributed by atoms with Crippen molar-refractivity contribution < 1.29 is 19.0 Å². The van der Waals surface area contributed by atoms with Crippen molar-refractivity contribution in [1.82, 2.24) is 0 Å². The molecule has 0 saturated carbocycles. The largest absolute Gasteiger partial charge is 0.494 e. The topological polar surface area (TPSA) is 68.5 Å². The Bertz CT molecular complexity index is 1220. The average Bonchev–Trinajstić information content (AvgIpc) is 2.86. The molecule has 0 saturated heterocycles. The van der Waals surface area contributed by atoms with E-state index < -0.39 is 5.97 Å². The zero-order valence-corrected chi connectivity index (χ0v) is 19.7. The van der Waals surface area contributed by atoms with Crippen molar-refractivity contribution >= 4 is 35.3 Å². The van der Waals surface area contributed by atoms with Crippen molar-refractivity contribution in [3.05, 3.63) is 94.5 Å². The van der Waals surface area contributed by atoms with Crippen molar-refractivity contribution in [1.29, 1.82) is 5.26 Å². The lowest BCUT2D eigenvalue weighted by molar-refractivity contribution is -0.129.